The third-order valence-corrected chi connectivity index (χ3v) is 4.24. The van der Waals surface area contributed by atoms with E-state index in [0.717, 1.165) is 19.4 Å². The molecule has 1 amide bonds. The maximum atomic E-state index is 12.1. The van der Waals surface area contributed by atoms with Crippen LogP contribution in [0.2, 0.25) is 0 Å². The first kappa shape index (κ1) is 17.4. The van der Waals surface area contributed by atoms with Gasteiger partial charge in [0.2, 0.25) is 5.91 Å². The second kappa shape index (κ2) is 9.35. The van der Waals surface area contributed by atoms with Crippen LogP contribution in [-0.4, -0.2) is 48.6 Å². The minimum absolute atomic E-state index is 0.115. The molecule has 0 bridgehead atoms. The van der Waals surface area contributed by atoms with Crippen LogP contribution in [0.3, 0.4) is 0 Å². The van der Waals surface area contributed by atoms with Gasteiger partial charge in [0.05, 0.1) is 6.04 Å². The van der Waals surface area contributed by atoms with Crippen molar-refractivity contribution in [3.63, 3.8) is 0 Å². The molecular formula is C16H33N3O. The maximum absolute atomic E-state index is 12.1. The summed E-state index contributed by atoms with van der Waals surface area (Å²) in [6.45, 7) is 11.8. The zero-order valence-corrected chi connectivity index (χ0v) is 13.7. The summed E-state index contributed by atoms with van der Waals surface area (Å²) in [4.78, 5) is 14.6. The Balaban J connectivity index is 2.28. The fourth-order valence-electron chi connectivity index (χ4n) is 2.90. The molecule has 1 aliphatic rings. The molecule has 118 valence electrons. The number of carbonyl (C=O) groups is 1. The van der Waals surface area contributed by atoms with Gasteiger partial charge in [0.25, 0.3) is 0 Å². The number of nitrogens with zero attached hydrogens (tertiary/aromatic N) is 1. The largest absolute Gasteiger partial charge is 0.352 e. The Kier molecular flexibility index (Phi) is 8.15. The van der Waals surface area contributed by atoms with Gasteiger partial charge in [0, 0.05) is 18.6 Å². The molecule has 4 heteroatoms. The van der Waals surface area contributed by atoms with Gasteiger partial charge in [-0.3, -0.25) is 4.79 Å². The van der Waals surface area contributed by atoms with Crippen molar-refractivity contribution in [1.82, 2.24) is 15.5 Å². The summed E-state index contributed by atoms with van der Waals surface area (Å²) in [5.41, 5.74) is 0. The van der Waals surface area contributed by atoms with E-state index in [1.165, 1.54) is 32.4 Å². The molecule has 0 aliphatic carbocycles. The van der Waals surface area contributed by atoms with Gasteiger partial charge in [-0.05, 0) is 52.6 Å². The molecule has 2 atom stereocenters. The van der Waals surface area contributed by atoms with Crippen LogP contribution in [0.5, 0.6) is 0 Å². The van der Waals surface area contributed by atoms with E-state index in [1.54, 1.807) is 0 Å². The van der Waals surface area contributed by atoms with Crippen molar-refractivity contribution >= 4 is 5.91 Å². The molecule has 0 aromatic carbocycles. The van der Waals surface area contributed by atoms with Crippen molar-refractivity contribution < 1.29 is 4.79 Å². The number of hydrogen-bond acceptors (Lipinski definition) is 3. The average molecular weight is 283 g/mol. The van der Waals surface area contributed by atoms with Gasteiger partial charge in [0.1, 0.15) is 0 Å². The average Bonchev–Trinajstić information content (AvgIpc) is 2.45. The molecule has 0 aromatic rings. The Bertz CT molecular complexity index is 273. The highest BCUT2D eigenvalue weighted by molar-refractivity contribution is 5.81. The zero-order valence-electron chi connectivity index (χ0n) is 13.7. The summed E-state index contributed by atoms with van der Waals surface area (Å²) >= 11 is 0. The molecule has 1 heterocycles. The van der Waals surface area contributed by atoms with Crippen LogP contribution in [0.1, 0.15) is 59.8 Å². The van der Waals surface area contributed by atoms with Gasteiger partial charge < -0.3 is 15.5 Å². The Hall–Kier alpha value is -0.610. The molecule has 1 fully saturated rings. The van der Waals surface area contributed by atoms with Crippen LogP contribution in [0.4, 0.5) is 0 Å². The van der Waals surface area contributed by atoms with Crippen LogP contribution in [-0.2, 0) is 4.79 Å². The highest BCUT2D eigenvalue weighted by atomic mass is 16.2. The van der Waals surface area contributed by atoms with Gasteiger partial charge in [-0.25, -0.2) is 0 Å². The number of rotatable bonds is 8. The lowest BCUT2D eigenvalue weighted by molar-refractivity contribution is -0.123. The number of nitrogens with one attached hydrogen (secondary N) is 2. The standard InChI is InChI=1S/C16H33N3O/c1-5-15(6-2)18-16(20)14(4)17-13(3)12-19-10-8-7-9-11-19/h13-15,17H,5-12H2,1-4H3,(H,18,20). The highest BCUT2D eigenvalue weighted by Gasteiger charge is 2.19. The number of hydrogen-bond donors (Lipinski definition) is 2. The Morgan fingerprint density at radius 3 is 2.25 bits per heavy atom. The lowest BCUT2D eigenvalue weighted by Gasteiger charge is -2.30. The lowest BCUT2D eigenvalue weighted by atomic mass is 10.1. The number of carbonyl (C=O) groups excluding carboxylic acids is 1. The van der Waals surface area contributed by atoms with Gasteiger partial charge in [-0.1, -0.05) is 20.3 Å². The summed E-state index contributed by atoms with van der Waals surface area (Å²) in [6, 6.07) is 0.551. The minimum atomic E-state index is -0.115. The van der Waals surface area contributed by atoms with Crippen LogP contribution < -0.4 is 10.6 Å². The highest BCUT2D eigenvalue weighted by Crippen LogP contribution is 2.09. The number of amides is 1. The maximum Gasteiger partial charge on any atom is 0.237 e. The molecule has 1 aliphatic heterocycles. The summed E-state index contributed by atoms with van der Waals surface area (Å²) in [6.07, 6.45) is 6.00. The monoisotopic (exact) mass is 283 g/mol. The van der Waals surface area contributed by atoms with Crippen LogP contribution in [0.25, 0.3) is 0 Å². The molecule has 2 N–H and O–H groups in total. The first-order valence-corrected chi connectivity index (χ1v) is 8.35. The van der Waals surface area contributed by atoms with Crippen molar-refractivity contribution in [3.05, 3.63) is 0 Å². The van der Waals surface area contributed by atoms with E-state index in [-0.39, 0.29) is 11.9 Å². The lowest BCUT2D eigenvalue weighted by Crippen LogP contribution is -2.51. The Labute approximate surface area is 124 Å². The van der Waals surface area contributed by atoms with Gasteiger partial charge >= 0.3 is 0 Å². The third kappa shape index (κ3) is 6.23. The summed E-state index contributed by atoms with van der Waals surface area (Å²) in [7, 11) is 0. The van der Waals surface area contributed by atoms with E-state index >= 15 is 0 Å². The van der Waals surface area contributed by atoms with E-state index in [1.807, 2.05) is 6.92 Å². The van der Waals surface area contributed by atoms with E-state index in [0.29, 0.717) is 12.1 Å². The van der Waals surface area contributed by atoms with E-state index in [4.69, 9.17) is 0 Å². The zero-order chi connectivity index (χ0) is 15.0. The van der Waals surface area contributed by atoms with Crippen molar-refractivity contribution in [2.24, 2.45) is 0 Å². The van der Waals surface area contributed by atoms with Crippen LogP contribution >= 0.6 is 0 Å². The molecule has 1 saturated heterocycles. The molecule has 0 radical (unpaired) electrons. The molecule has 20 heavy (non-hydrogen) atoms. The summed E-state index contributed by atoms with van der Waals surface area (Å²) in [5, 5.41) is 6.54. The smallest absolute Gasteiger partial charge is 0.237 e. The number of likely N-dealkylation sites (tertiary alicyclic amines) is 1. The summed E-state index contributed by atoms with van der Waals surface area (Å²) in [5.74, 6) is 0.129. The van der Waals surface area contributed by atoms with Crippen molar-refractivity contribution in [3.8, 4) is 0 Å². The molecule has 4 nitrogen and oxygen atoms in total. The molecule has 1 rings (SSSR count). The van der Waals surface area contributed by atoms with Crippen molar-refractivity contribution in [1.29, 1.82) is 0 Å². The Morgan fingerprint density at radius 1 is 1.10 bits per heavy atom. The minimum Gasteiger partial charge on any atom is -0.352 e. The van der Waals surface area contributed by atoms with E-state index in [9.17, 15) is 4.79 Å². The molecular weight excluding hydrogens is 250 g/mol. The quantitative estimate of drug-likeness (QED) is 0.717. The molecule has 2 unspecified atom stereocenters. The van der Waals surface area contributed by atoms with Gasteiger partial charge in [-0.2, -0.15) is 0 Å². The SMILES string of the molecule is CCC(CC)NC(=O)C(C)NC(C)CN1CCCCC1. The third-order valence-electron chi connectivity index (χ3n) is 4.24. The second-order valence-corrected chi connectivity index (χ2v) is 6.17. The molecule has 0 aromatic heterocycles. The van der Waals surface area contributed by atoms with E-state index in [2.05, 4.69) is 36.3 Å². The Morgan fingerprint density at radius 2 is 1.70 bits per heavy atom. The van der Waals surface area contributed by atoms with Gasteiger partial charge in [-0.15, -0.1) is 0 Å². The second-order valence-electron chi connectivity index (χ2n) is 6.17. The topological polar surface area (TPSA) is 44.4 Å². The first-order valence-electron chi connectivity index (χ1n) is 8.35. The number of piperidine rings is 1. The van der Waals surface area contributed by atoms with Gasteiger partial charge in [0.15, 0.2) is 0 Å². The predicted octanol–water partition coefficient (Wildman–Crippen LogP) is 2.14. The first-order chi connectivity index (χ1) is 9.56. The summed E-state index contributed by atoms with van der Waals surface area (Å²) < 4.78 is 0. The van der Waals surface area contributed by atoms with Crippen LogP contribution in [0.15, 0.2) is 0 Å². The van der Waals surface area contributed by atoms with Crippen LogP contribution in [0, 0.1) is 0 Å². The van der Waals surface area contributed by atoms with E-state index < -0.39 is 0 Å². The fraction of sp³-hybridized carbons (Fsp3) is 0.938. The normalized spacial score (nSPS) is 19.9. The molecule has 0 saturated carbocycles. The fourth-order valence-corrected chi connectivity index (χ4v) is 2.90. The van der Waals surface area contributed by atoms with Crippen molar-refractivity contribution in [2.75, 3.05) is 19.6 Å². The predicted molar refractivity (Wildman–Crippen MR) is 84.9 cm³/mol. The van der Waals surface area contributed by atoms with Crippen molar-refractivity contribution in [2.45, 2.75) is 77.9 Å². The molecule has 0 spiro atoms.